The van der Waals surface area contributed by atoms with E-state index in [9.17, 15) is 14.4 Å². The summed E-state index contributed by atoms with van der Waals surface area (Å²) in [6.07, 6.45) is -0.123. The van der Waals surface area contributed by atoms with Crippen LogP contribution in [-0.4, -0.2) is 29.6 Å². The molecule has 6 heteroatoms. The van der Waals surface area contributed by atoms with Gasteiger partial charge in [0.25, 0.3) is 0 Å². The van der Waals surface area contributed by atoms with Crippen molar-refractivity contribution in [3.05, 3.63) is 0 Å². The topological polar surface area (TPSA) is 95.5 Å². The van der Waals surface area contributed by atoms with Crippen molar-refractivity contribution in [2.75, 3.05) is 6.54 Å². The molecule has 0 rings (SSSR count). The lowest BCUT2D eigenvalue weighted by atomic mass is 9.85. The lowest BCUT2D eigenvalue weighted by Gasteiger charge is -2.21. The van der Waals surface area contributed by atoms with E-state index in [-0.39, 0.29) is 12.8 Å². The molecule has 0 heterocycles. The van der Waals surface area contributed by atoms with Gasteiger partial charge in [0.15, 0.2) is 0 Å². The van der Waals surface area contributed by atoms with Gasteiger partial charge in [-0.2, -0.15) is 0 Å². The Bertz CT molecular complexity index is 324. The summed E-state index contributed by atoms with van der Waals surface area (Å²) >= 11 is 0. The first-order chi connectivity index (χ1) is 8.12. The van der Waals surface area contributed by atoms with E-state index < -0.39 is 23.3 Å². The van der Waals surface area contributed by atoms with Gasteiger partial charge in [-0.15, -0.1) is 0 Å². The molecule has 0 saturated carbocycles. The Kier molecular flexibility index (Phi) is 6.36. The zero-order valence-electron chi connectivity index (χ0n) is 11.4. The van der Waals surface area contributed by atoms with Crippen molar-refractivity contribution in [2.45, 2.75) is 40.5 Å². The lowest BCUT2D eigenvalue weighted by molar-refractivity contribution is -0.139. The van der Waals surface area contributed by atoms with Crippen molar-refractivity contribution >= 4 is 17.9 Å². The number of carbonyl (C=O) groups excluding carboxylic acids is 2. The van der Waals surface area contributed by atoms with Gasteiger partial charge < -0.3 is 10.4 Å². The quantitative estimate of drug-likeness (QED) is 0.670. The van der Waals surface area contributed by atoms with Crippen molar-refractivity contribution in [1.82, 2.24) is 10.6 Å². The maximum Gasteiger partial charge on any atom is 0.321 e. The molecule has 0 radical (unpaired) electrons. The van der Waals surface area contributed by atoms with Crippen LogP contribution in [0.3, 0.4) is 0 Å². The predicted molar refractivity (Wildman–Crippen MR) is 67.0 cm³/mol. The van der Waals surface area contributed by atoms with Crippen LogP contribution in [0.2, 0.25) is 0 Å². The van der Waals surface area contributed by atoms with Crippen molar-refractivity contribution in [3.8, 4) is 0 Å². The molecule has 0 aromatic carbocycles. The number of carboxylic acids is 1. The molecule has 104 valence electrons. The van der Waals surface area contributed by atoms with Crippen LogP contribution in [0, 0.1) is 11.3 Å². The van der Waals surface area contributed by atoms with E-state index in [1.165, 1.54) is 0 Å². The molecular weight excluding hydrogens is 236 g/mol. The van der Waals surface area contributed by atoms with E-state index in [4.69, 9.17) is 5.11 Å². The fourth-order valence-corrected chi connectivity index (χ4v) is 1.42. The average Bonchev–Trinajstić information content (AvgIpc) is 2.10. The molecule has 0 aliphatic carbocycles. The summed E-state index contributed by atoms with van der Waals surface area (Å²) in [5, 5.41) is 13.4. The summed E-state index contributed by atoms with van der Waals surface area (Å²) in [6, 6.07) is -0.542. The van der Waals surface area contributed by atoms with Gasteiger partial charge in [-0.3, -0.25) is 14.9 Å². The monoisotopic (exact) mass is 258 g/mol. The molecule has 3 N–H and O–H groups in total. The fraction of sp³-hybridized carbons (Fsp3) is 0.750. The van der Waals surface area contributed by atoms with E-state index >= 15 is 0 Å². The highest BCUT2D eigenvalue weighted by molar-refractivity contribution is 5.94. The van der Waals surface area contributed by atoms with Gasteiger partial charge in [-0.25, -0.2) is 4.79 Å². The van der Waals surface area contributed by atoms with Crippen LogP contribution in [0.4, 0.5) is 4.79 Å². The molecule has 6 nitrogen and oxygen atoms in total. The number of imide groups is 1. The summed E-state index contributed by atoms with van der Waals surface area (Å²) in [5.74, 6) is -1.13. The molecule has 18 heavy (non-hydrogen) atoms. The molecular formula is C12H22N2O4. The molecule has 0 aromatic rings. The van der Waals surface area contributed by atoms with E-state index in [0.29, 0.717) is 12.5 Å². The predicted octanol–water partition coefficient (Wildman–Crippen LogP) is 1.36. The maximum absolute atomic E-state index is 11.5. The molecule has 0 aliphatic rings. The van der Waals surface area contributed by atoms with Gasteiger partial charge in [0, 0.05) is 13.0 Å². The number of hydrogen-bond acceptors (Lipinski definition) is 3. The minimum absolute atomic E-state index is 0.00556. The molecule has 0 fully saturated rings. The lowest BCUT2D eigenvalue weighted by Crippen LogP contribution is -2.42. The normalized spacial score (nSPS) is 11.2. The van der Waals surface area contributed by atoms with Crippen molar-refractivity contribution in [1.29, 1.82) is 0 Å². The highest BCUT2D eigenvalue weighted by Crippen LogP contribution is 2.24. The highest BCUT2D eigenvalue weighted by atomic mass is 16.4. The van der Waals surface area contributed by atoms with Crippen LogP contribution in [-0.2, 0) is 9.59 Å². The maximum atomic E-state index is 11.5. The van der Waals surface area contributed by atoms with Crippen LogP contribution in [0.25, 0.3) is 0 Å². The third kappa shape index (κ3) is 8.55. The second-order valence-electron chi connectivity index (χ2n) is 5.56. The Balaban J connectivity index is 4.10. The number of carboxylic acid groups (broad SMARTS) is 1. The third-order valence-electron chi connectivity index (χ3n) is 2.19. The van der Waals surface area contributed by atoms with Crippen LogP contribution < -0.4 is 10.6 Å². The Morgan fingerprint density at radius 2 is 1.72 bits per heavy atom. The fourth-order valence-electron chi connectivity index (χ4n) is 1.42. The summed E-state index contributed by atoms with van der Waals surface area (Å²) in [5.41, 5.74) is -0.672. The standard InChI is InChI=1S/C12H22N2O4/c1-8(2)7-13-11(18)14-9(15)5-12(3,4)6-10(16)17/h8H,5-7H2,1-4H3,(H,16,17)(H2,13,14,15,18). The van der Waals surface area contributed by atoms with Gasteiger partial charge in [-0.05, 0) is 11.3 Å². The van der Waals surface area contributed by atoms with Gasteiger partial charge >= 0.3 is 12.0 Å². The summed E-state index contributed by atoms with van der Waals surface area (Å²) in [6.45, 7) is 7.72. The first-order valence-corrected chi connectivity index (χ1v) is 5.92. The average molecular weight is 258 g/mol. The van der Waals surface area contributed by atoms with E-state index in [1.807, 2.05) is 13.8 Å². The molecule has 0 saturated heterocycles. The number of carbonyl (C=O) groups is 3. The zero-order valence-corrected chi connectivity index (χ0v) is 11.4. The number of rotatable bonds is 6. The smallest absolute Gasteiger partial charge is 0.321 e. The first-order valence-electron chi connectivity index (χ1n) is 5.92. The first kappa shape index (κ1) is 16.4. The summed E-state index contributed by atoms with van der Waals surface area (Å²) in [4.78, 5) is 33.4. The third-order valence-corrected chi connectivity index (χ3v) is 2.19. The Morgan fingerprint density at radius 3 is 2.17 bits per heavy atom. The Hall–Kier alpha value is -1.59. The van der Waals surface area contributed by atoms with Crippen LogP contribution in [0.1, 0.15) is 40.5 Å². The Morgan fingerprint density at radius 1 is 1.17 bits per heavy atom. The number of aliphatic carboxylic acids is 1. The molecule has 0 unspecified atom stereocenters. The molecule has 0 spiro atoms. The second kappa shape index (κ2) is 6.98. The van der Waals surface area contributed by atoms with Crippen molar-refractivity contribution < 1.29 is 19.5 Å². The molecule has 3 amide bonds. The minimum atomic E-state index is -0.961. The highest BCUT2D eigenvalue weighted by Gasteiger charge is 2.25. The summed E-state index contributed by atoms with van der Waals surface area (Å²) in [7, 11) is 0. The van der Waals surface area contributed by atoms with Gasteiger partial charge in [0.2, 0.25) is 5.91 Å². The van der Waals surface area contributed by atoms with Crippen LogP contribution in [0.5, 0.6) is 0 Å². The van der Waals surface area contributed by atoms with E-state index in [2.05, 4.69) is 10.6 Å². The number of urea groups is 1. The zero-order chi connectivity index (χ0) is 14.3. The van der Waals surface area contributed by atoms with Crippen LogP contribution in [0.15, 0.2) is 0 Å². The summed E-state index contributed by atoms with van der Waals surface area (Å²) < 4.78 is 0. The number of nitrogens with one attached hydrogen (secondary N) is 2. The van der Waals surface area contributed by atoms with Gasteiger partial charge in [0.1, 0.15) is 0 Å². The van der Waals surface area contributed by atoms with Gasteiger partial charge in [-0.1, -0.05) is 27.7 Å². The van der Waals surface area contributed by atoms with Crippen molar-refractivity contribution in [2.24, 2.45) is 11.3 Å². The Labute approximate surface area is 107 Å². The second-order valence-corrected chi connectivity index (χ2v) is 5.56. The molecule has 0 aromatic heterocycles. The van der Waals surface area contributed by atoms with Gasteiger partial charge in [0.05, 0.1) is 6.42 Å². The molecule has 0 atom stereocenters. The molecule has 0 bridgehead atoms. The minimum Gasteiger partial charge on any atom is -0.481 e. The van der Waals surface area contributed by atoms with Crippen molar-refractivity contribution in [3.63, 3.8) is 0 Å². The van der Waals surface area contributed by atoms with Crippen LogP contribution >= 0.6 is 0 Å². The largest absolute Gasteiger partial charge is 0.481 e. The molecule has 0 aliphatic heterocycles. The number of amides is 3. The van der Waals surface area contributed by atoms with E-state index in [1.54, 1.807) is 13.8 Å². The van der Waals surface area contributed by atoms with E-state index in [0.717, 1.165) is 0 Å². The number of hydrogen-bond donors (Lipinski definition) is 3. The SMILES string of the molecule is CC(C)CNC(=O)NC(=O)CC(C)(C)CC(=O)O.